The number of aliphatic hydroxyl groups is 1. The van der Waals surface area contributed by atoms with Crippen LogP contribution >= 0.6 is 0 Å². The Labute approximate surface area is 212 Å². The Kier molecular flexibility index (Phi) is 7.35. The van der Waals surface area contributed by atoms with Gasteiger partial charge in [-0.05, 0) is 49.3 Å². The standard InChI is InChI=1S/C25H34N6O4S/c1-17-12-20(17)16-31(10-11-32)22-14-19(13-21(27-22)30(3)36(4,33)34)23-28-29-24(35-23)25(2,26)15-18-8-6-5-7-9-18/h5-9,13-14,17,20,32H,10-12,15-16,26H2,1-4H3/t17?,20?,25-/m1/s1. The van der Waals surface area contributed by atoms with E-state index in [1.54, 1.807) is 12.1 Å². The Morgan fingerprint density at radius 2 is 1.86 bits per heavy atom. The van der Waals surface area contributed by atoms with Crippen LogP contribution in [0.3, 0.4) is 0 Å². The number of sulfonamides is 1. The minimum atomic E-state index is -3.57. The van der Waals surface area contributed by atoms with Gasteiger partial charge >= 0.3 is 0 Å². The van der Waals surface area contributed by atoms with E-state index in [0.717, 1.165) is 22.5 Å². The van der Waals surface area contributed by atoms with E-state index in [9.17, 15) is 13.5 Å². The highest BCUT2D eigenvalue weighted by molar-refractivity contribution is 7.92. The fraction of sp³-hybridized carbons (Fsp3) is 0.480. The zero-order valence-electron chi connectivity index (χ0n) is 21.1. The van der Waals surface area contributed by atoms with Crippen LogP contribution in [-0.2, 0) is 22.0 Å². The second kappa shape index (κ2) is 10.2. The molecule has 2 heterocycles. The van der Waals surface area contributed by atoms with Crippen molar-refractivity contribution in [1.29, 1.82) is 0 Å². The zero-order chi connectivity index (χ0) is 26.1. The second-order valence-corrected chi connectivity index (χ2v) is 12.0. The monoisotopic (exact) mass is 514 g/mol. The first-order chi connectivity index (χ1) is 17.0. The maximum atomic E-state index is 12.3. The van der Waals surface area contributed by atoms with E-state index in [0.29, 0.717) is 42.7 Å². The lowest BCUT2D eigenvalue weighted by Crippen LogP contribution is -2.35. The van der Waals surface area contributed by atoms with Gasteiger partial charge in [-0.3, -0.25) is 4.31 Å². The highest BCUT2D eigenvalue weighted by Gasteiger charge is 2.35. The SMILES string of the molecule is CC1CC1CN(CCO)c1cc(-c2nnc([C@](C)(N)Cc3ccccc3)o2)cc(N(C)S(C)(=O)=O)n1. The molecule has 1 aliphatic rings. The van der Waals surface area contributed by atoms with Gasteiger partial charge in [0.15, 0.2) is 0 Å². The molecule has 2 aromatic heterocycles. The van der Waals surface area contributed by atoms with E-state index in [1.165, 1.54) is 7.05 Å². The van der Waals surface area contributed by atoms with Crippen LogP contribution in [0.25, 0.3) is 11.5 Å². The highest BCUT2D eigenvalue weighted by atomic mass is 32.2. The second-order valence-electron chi connectivity index (χ2n) is 9.94. The number of pyridine rings is 1. The van der Waals surface area contributed by atoms with Gasteiger partial charge < -0.3 is 20.2 Å². The van der Waals surface area contributed by atoms with E-state index in [4.69, 9.17) is 10.2 Å². The van der Waals surface area contributed by atoms with Gasteiger partial charge in [-0.25, -0.2) is 13.4 Å². The predicted molar refractivity (Wildman–Crippen MR) is 139 cm³/mol. The van der Waals surface area contributed by atoms with E-state index >= 15 is 0 Å². The summed E-state index contributed by atoms with van der Waals surface area (Å²) in [5, 5.41) is 18.1. The number of nitrogens with zero attached hydrogens (tertiary/aromatic N) is 5. The number of rotatable bonds is 11. The summed E-state index contributed by atoms with van der Waals surface area (Å²) >= 11 is 0. The lowest BCUT2D eigenvalue weighted by atomic mass is 9.94. The van der Waals surface area contributed by atoms with Crippen molar-refractivity contribution in [2.24, 2.45) is 17.6 Å². The first-order valence-electron chi connectivity index (χ1n) is 12.0. The van der Waals surface area contributed by atoms with Gasteiger partial charge in [-0.15, -0.1) is 10.2 Å². The Balaban J connectivity index is 1.71. The molecule has 0 saturated heterocycles. The van der Waals surface area contributed by atoms with Crippen LogP contribution in [0, 0.1) is 11.8 Å². The fourth-order valence-electron chi connectivity index (χ4n) is 4.14. The van der Waals surface area contributed by atoms with E-state index in [1.807, 2.05) is 42.2 Å². The van der Waals surface area contributed by atoms with Crippen LogP contribution in [0.15, 0.2) is 46.9 Å². The molecular formula is C25H34N6O4S. The number of aliphatic hydroxyl groups excluding tert-OH is 1. The minimum Gasteiger partial charge on any atom is -0.419 e. The number of anilines is 2. The van der Waals surface area contributed by atoms with Crippen LogP contribution < -0.4 is 14.9 Å². The summed E-state index contributed by atoms with van der Waals surface area (Å²) < 4.78 is 31.7. The molecule has 1 saturated carbocycles. The van der Waals surface area contributed by atoms with Crippen molar-refractivity contribution in [2.45, 2.75) is 32.2 Å². The lowest BCUT2D eigenvalue weighted by Gasteiger charge is -2.25. The first-order valence-corrected chi connectivity index (χ1v) is 13.8. The lowest BCUT2D eigenvalue weighted by molar-refractivity contribution is 0.300. The van der Waals surface area contributed by atoms with Gasteiger partial charge in [-0.2, -0.15) is 0 Å². The molecule has 10 nitrogen and oxygen atoms in total. The molecule has 0 bridgehead atoms. The van der Waals surface area contributed by atoms with Crippen molar-refractivity contribution >= 4 is 21.7 Å². The molecule has 0 amide bonds. The summed E-state index contributed by atoms with van der Waals surface area (Å²) in [6.45, 7) is 5.05. The van der Waals surface area contributed by atoms with Crippen molar-refractivity contribution < 1.29 is 17.9 Å². The Hall–Kier alpha value is -3.02. The molecule has 0 aliphatic heterocycles. The number of aromatic nitrogens is 3. The quantitative estimate of drug-likeness (QED) is 0.395. The van der Waals surface area contributed by atoms with E-state index in [2.05, 4.69) is 22.1 Å². The van der Waals surface area contributed by atoms with Crippen molar-refractivity contribution in [2.75, 3.05) is 42.2 Å². The van der Waals surface area contributed by atoms with Crippen LogP contribution in [0.4, 0.5) is 11.6 Å². The minimum absolute atomic E-state index is 0.0556. The molecular weight excluding hydrogens is 480 g/mol. The summed E-state index contributed by atoms with van der Waals surface area (Å²) in [5.41, 5.74) is 7.22. The number of benzene rings is 1. The molecule has 0 radical (unpaired) electrons. The van der Waals surface area contributed by atoms with E-state index in [-0.39, 0.29) is 24.2 Å². The topological polar surface area (TPSA) is 139 Å². The zero-order valence-corrected chi connectivity index (χ0v) is 21.9. The van der Waals surface area contributed by atoms with Crippen molar-refractivity contribution in [3.63, 3.8) is 0 Å². The van der Waals surface area contributed by atoms with Gasteiger partial charge in [-0.1, -0.05) is 37.3 Å². The van der Waals surface area contributed by atoms with E-state index < -0.39 is 15.6 Å². The first kappa shape index (κ1) is 26.1. The number of nitrogens with two attached hydrogens (primary N) is 1. The molecule has 1 aliphatic carbocycles. The normalized spacial score (nSPS) is 19.1. The largest absolute Gasteiger partial charge is 0.419 e. The summed E-state index contributed by atoms with van der Waals surface area (Å²) in [6, 6.07) is 13.2. The maximum absolute atomic E-state index is 12.3. The van der Waals surface area contributed by atoms with Gasteiger partial charge in [0.2, 0.25) is 21.8 Å². The molecule has 3 atom stereocenters. The molecule has 194 valence electrons. The van der Waals surface area contributed by atoms with Crippen molar-refractivity contribution in [3.8, 4) is 11.5 Å². The van der Waals surface area contributed by atoms with Gasteiger partial charge in [0, 0.05) is 25.7 Å². The number of hydrogen-bond donors (Lipinski definition) is 2. The Morgan fingerprint density at radius 3 is 2.47 bits per heavy atom. The summed E-state index contributed by atoms with van der Waals surface area (Å²) in [7, 11) is -2.12. The molecule has 3 N–H and O–H groups in total. The van der Waals surface area contributed by atoms with Crippen LogP contribution in [0.5, 0.6) is 0 Å². The molecule has 36 heavy (non-hydrogen) atoms. The molecule has 4 rings (SSSR count). The average Bonchev–Trinajstić information content (AvgIpc) is 3.30. The molecule has 11 heteroatoms. The number of hydrogen-bond acceptors (Lipinski definition) is 9. The van der Waals surface area contributed by atoms with Crippen molar-refractivity contribution in [3.05, 3.63) is 53.9 Å². The van der Waals surface area contributed by atoms with Gasteiger partial charge in [0.1, 0.15) is 11.6 Å². The Bertz CT molecular complexity index is 1290. The van der Waals surface area contributed by atoms with Crippen LogP contribution in [0.1, 0.15) is 31.7 Å². The predicted octanol–water partition coefficient (Wildman–Crippen LogP) is 2.40. The molecule has 1 aromatic carbocycles. The molecule has 2 unspecified atom stereocenters. The molecule has 0 spiro atoms. The maximum Gasteiger partial charge on any atom is 0.248 e. The van der Waals surface area contributed by atoms with Crippen LogP contribution in [0.2, 0.25) is 0 Å². The van der Waals surface area contributed by atoms with Crippen molar-refractivity contribution in [1.82, 2.24) is 15.2 Å². The summed E-state index contributed by atoms with van der Waals surface area (Å²) in [5.74, 6) is 2.35. The molecule has 1 fully saturated rings. The Morgan fingerprint density at radius 1 is 1.19 bits per heavy atom. The smallest absolute Gasteiger partial charge is 0.248 e. The average molecular weight is 515 g/mol. The third kappa shape index (κ3) is 6.03. The van der Waals surface area contributed by atoms with Gasteiger partial charge in [0.05, 0.1) is 18.4 Å². The van der Waals surface area contributed by atoms with Gasteiger partial charge in [0.25, 0.3) is 0 Å². The van der Waals surface area contributed by atoms with Crippen LogP contribution in [-0.4, -0.2) is 61.7 Å². The summed E-state index contributed by atoms with van der Waals surface area (Å²) in [4.78, 5) is 6.58. The molecule has 3 aromatic rings. The fourth-order valence-corrected chi connectivity index (χ4v) is 4.57. The third-order valence-electron chi connectivity index (χ3n) is 6.62. The summed E-state index contributed by atoms with van der Waals surface area (Å²) in [6.07, 6.45) is 2.73. The third-order valence-corrected chi connectivity index (χ3v) is 7.80. The highest BCUT2D eigenvalue weighted by Crippen LogP contribution is 2.39.